The molecule has 0 aromatic carbocycles. The number of aromatic nitrogens is 3. The van der Waals surface area contributed by atoms with Gasteiger partial charge in [0.15, 0.2) is 0 Å². The van der Waals surface area contributed by atoms with Gasteiger partial charge in [0.1, 0.15) is 0 Å². The summed E-state index contributed by atoms with van der Waals surface area (Å²) in [4.78, 5) is 10.8. The zero-order chi connectivity index (χ0) is 11.3. The molecule has 6 nitrogen and oxygen atoms in total. The molecule has 84 valence electrons. The molecule has 0 fully saturated rings. The Morgan fingerprint density at radius 3 is 3.07 bits per heavy atom. The highest BCUT2D eigenvalue weighted by molar-refractivity contribution is 5.76. The molecule has 1 aromatic rings. The number of hydrogen-bond donors (Lipinski definition) is 2. The highest BCUT2D eigenvalue weighted by atomic mass is 16.1. The number of primary amides is 1. The van der Waals surface area contributed by atoms with Crippen molar-refractivity contribution in [3.8, 4) is 0 Å². The summed E-state index contributed by atoms with van der Waals surface area (Å²) < 4.78 is 1.64. The molecule has 15 heavy (non-hydrogen) atoms. The Morgan fingerprint density at radius 1 is 1.73 bits per heavy atom. The fourth-order valence-electron chi connectivity index (χ4n) is 1.13. The van der Waals surface area contributed by atoms with Crippen molar-refractivity contribution in [1.82, 2.24) is 20.3 Å². The van der Waals surface area contributed by atoms with Crippen molar-refractivity contribution in [2.75, 3.05) is 6.54 Å². The van der Waals surface area contributed by atoms with E-state index in [-0.39, 0.29) is 11.8 Å². The van der Waals surface area contributed by atoms with Crippen molar-refractivity contribution in [3.05, 3.63) is 11.9 Å². The van der Waals surface area contributed by atoms with Crippen molar-refractivity contribution in [1.29, 1.82) is 0 Å². The van der Waals surface area contributed by atoms with E-state index < -0.39 is 0 Å². The summed E-state index contributed by atoms with van der Waals surface area (Å²) in [6.45, 7) is 5.87. The number of hydrogen-bond acceptors (Lipinski definition) is 4. The number of carbonyl (C=O) groups is 1. The summed E-state index contributed by atoms with van der Waals surface area (Å²) in [7, 11) is 0. The summed E-state index contributed by atoms with van der Waals surface area (Å²) >= 11 is 0. The Bertz CT molecular complexity index is 322. The van der Waals surface area contributed by atoms with Crippen LogP contribution in [0.2, 0.25) is 0 Å². The van der Waals surface area contributed by atoms with Gasteiger partial charge in [-0.15, -0.1) is 5.10 Å². The van der Waals surface area contributed by atoms with Gasteiger partial charge in [-0.05, 0) is 6.54 Å². The van der Waals surface area contributed by atoms with E-state index in [1.807, 2.05) is 13.1 Å². The van der Waals surface area contributed by atoms with E-state index in [1.165, 1.54) is 0 Å². The van der Waals surface area contributed by atoms with Crippen molar-refractivity contribution in [3.63, 3.8) is 0 Å². The molecule has 0 bridgehead atoms. The largest absolute Gasteiger partial charge is 0.369 e. The maximum absolute atomic E-state index is 10.8. The van der Waals surface area contributed by atoms with Crippen LogP contribution in [0.5, 0.6) is 0 Å². The van der Waals surface area contributed by atoms with E-state index in [1.54, 1.807) is 11.6 Å². The van der Waals surface area contributed by atoms with Crippen LogP contribution >= 0.6 is 0 Å². The van der Waals surface area contributed by atoms with Crippen LogP contribution in [0.25, 0.3) is 0 Å². The van der Waals surface area contributed by atoms with Crippen LogP contribution in [-0.4, -0.2) is 27.4 Å². The van der Waals surface area contributed by atoms with Gasteiger partial charge in [0, 0.05) is 12.7 Å². The third-order valence-corrected chi connectivity index (χ3v) is 2.09. The molecule has 1 heterocycles. The highest BCUT2D eigenvalue weighted by Gasteiger charge is 2.10. The van der Waals surface area contributed by atoms with Gasteiger partial charge in [0.25, 0.3) is 0 Å². The normalized spacial score (nSPS) is 12.7. The standard InChI is InChI=1S/C9H17N5O/c1-3-11-4-8-6-14(13-12-8)5-7(2)9(10)15/h6-7,11H,3-5H2,1-2H3,(H2,10,15). The molecule has 0 saturated heterocycles. The molecule has 1 atom stereocenters. The number of rotatable bonds is 6. The van der Waals surface area contributed by atoms with Gasteiger partial charge >= 0.3 is 0 Å². The van der Waals surface area contributed by atoms with Gasteiger partial charge in [-0.3, -0.25) is 9.48 Å². The first-order valence-corrected chi connectivity index (χ1v) is 5.02. The zero-order valence-electron chi connectivity index (χ0n) is 9.10. The van der Waals surface area contributed by atoms with Gasteiger partial charge in [0.2, 0.25) is 5.91 Å². The molecule has 0 aliphatic heterocycles. The lowest BCUT2D eigenvalue weighted by atomic mass is 10.2. The lowest BCUT2D eigenvalue weighted by Crippen LogP contribution is -2.24. The highest BCUT2D eigenvalue weighted by Crippen LogP contribution is 1.99. The summed E-state index contributed by atoms with van der Waals surface area (Å²) in [6, 6.07) is 0. The lowest BCUT2D eigenvalue weighted by molar-refractivity contribution is -0.121. The van der Waals surface area contributed by atoms with E-state index >= 15 is 0 Å². The van der Waals surface area contributed by atoms with E-state index in [4.69, 9.17) is 5.73 Å². The van der Waals surface area contributed by atoms with Crippen molar-refractivity contribution >= 4 is 5.91 Å². The summed E-state index contributed by atoms with van der Waals surface area (Å²) in [5.41, 5.74) is 6.03. The Hall–Kier alpha value is -1.43. The maximum Gasteiger partial charge on any atom is 0.222 e. The van der Waals surface area contributed by atoms with E-state index in [9.17, 15) is 4.79 Å². The van der Waals surface area contributed by atoms with Crippen LogP contribution in [0.4, 0.5) is 0 Å². The van der Waals surface area contributed by atoms with Crippen LogP contribution in [0.3, 0.4) is 0 Å². The molecule has 0 aliphatic carbocycles. The van der Waals surface area contributed by atoms with Crippen LogP contribution in [0, 0.1) is 5.92 Å². The second-order valence-electron chi connectivity index (χ2n) is 3.52. The molecule has 1 rings (SSSR count). The Balaban J connectivity index is 2.49. The van der Waals surface area contributed by atoms with Gasteiger partial charge in [0.05, 0.1) is 18.2 Å². The molecule has 1 aromatic heterocycles. The van der Waals surface area contributed by atoms with Gasteiger partial charge in [-0.25, -0.2) is 0 Å². The average Bonchev–Trinajstić information content (AvgIpc) is 2.62. The Kier molecular flexibility index (Phi) is 4.23. The molecular formula is C9H17N5O. The minimum Gasteiger partial charge on any atom is -0.369 e. The van der Waals surface area contributed by atoms with E-state index in [0.717, 1.165) is 12.2 Å². The van der Waals surface area contributed by atoms with E-state index in [2.05, 4.69) is 15.6 Å². The third kappa shape index (κ3) is 3.67. The number of nitrogens with one attached hydrogen (secondary N) is 1. The lowest BCUT2D eigenvalue weighted by Gasteiger charge is -2.05. The molecule has 1 unspecified atom stereocenters. The van der Waals surface area contributed by atoms with Crippen molar-refractivity contribution in [2.24, 2.45) is 11.7 Å². The fourth-order valence-corrected chi connectivity index (χ4v) is 1.13. The molecule has 6 heteroatoms. The van der Waals surface area contributed by atoms with Crippen LogP contribution in [0.15, 0.2) is 6.20 Å². The second-order valence-corrected chi connectivity index (χ2v) is 3.52. The topological polar surface area (TPSA) is 85.8 Å². The summed E-state index contributed by atoms with van der Waals surface area (Å²) in [6.07, 6.45) is 1.82. The number of amides is 1. The molecule has 0 aliphatic rings. The molecule has 0 radical (unpaired) electrons. The zero-order valence-corrected chi connectivity index (χ0v) is 9.10. The van der Waals surface area contributed by atoms with E-state index in [0.29, 0.717) is 13.1 Å². The quantitative estimate of drug-likeness (QED) is 0.664. The monoisotopic (exact) mass is 211 g/mol. The molecular weight excluding hydrogens is 194 g/mol. The second kappa shape index (κ2) is 5.45. The Morgan fingerprint density at radius 2 is 2.47 bits per heavy atom. The first kappa shape index (κ1) is 11.6. The van der Waals surface area contributed by atoms with Gasteiger partial charge < -0.3 is 11.1 Å². The fraction of sp³-hybridized carbons (Fsp3) is 0.667. The van der Waals surface area contributed by atoms with Crippen LogP contribution in [0.1, 0.15) is 19.5 Å². The molecule has 0 spiro atoms. The maximum atomic E-state index is 10.8. The van der Waals surface area contributed by atoms with Crippen molar-refractivity contribution < 1.29 is 4.79 Å². The summed E-state index contributed by atoms with van der Waals surface area (Å²) in [5.74, 6) is -0.544. The van der Waals surface area contributed by atoms with Crippen molar-refractivity contribution in [2.45, 2.75) is 26.9 Å². The van der Waals surface area contributed by atoms with Gasteiger partial charge in [-0.1, -0.05) is 19.1 Å². The smallest absolute Gasteiger partial charge is 0.222 e. The molecule has 0 saturated carbocycles. The first-order chi connectivity index (χ1) is 7.13. The number of nitrogens with zero attached hydrogens (tertiary/aromatic N) is 3. The Labute approximate surface area is 88.8 Å². The SMILES string of the molecule is CCNCc1cn(CC(C)C(N)=O)nn1. The van der Waals surface area contributed by atoms with Crippen LogP contribution in [-0.2, 0) is 17.9 Å². The molecule has 3 N–H and O–H groups in total. The van der Waals surface area contributed by atoms with Crippen LogP contribution < -0.4 is 11.1 Å². The minimum absolute atomic E-state index is 0.223. The van der Waals surface area contributed by atoms with Gasteiger partial charge in [-0.2, -0.15) is 0 Å². The number of carbonyl (C=O) groups excluding carboxylic acids is 1. The molecule has 1 amide bonds. The average molecular weight is 211 g/mol. The predicted molar refractivity (Wildman–Crippen MR) is 55.8 cm³/mol. The minimum atomic E-state index is -0.321. The summed E-state index contributed by atoms with van der Waals surface area (Å²) in [5, 5.41) is 11.0. The predicted octanol–water partition coefficient (Wildman–Crippen LogP) is -0.491. The first-order valence-electron chi connectivity index (χ1n) is 5.02. The number of nitrogens with two attached hydrogens (primary N) is 1. The third-order valence-electron chi connectivity index (χ3n) is 2.09.